The predicted octanol–water partition coefficient (Wildman–Crippen LogP) is 4.46. The summed E-state index contributed by atoms with van der Waals surface area (Å²) in [6.45, 7) is 1.81. The molecule has 0 saturated carbocycles. The maximum absolute atomic E-state index is 12.3. The van der Waals surface area contributed by atoms with Gasteiger partial charge in [0.15, 0.2) is 0 Å². The van der Waals surface area contributed by atoms with Crippen molar-refractivity contribution in [1.82, 2.24) is 5.43 Å². The first-order chi connectivity index (χ1) is 11.5. The Morgan fingerprint density at radius 3 is 2.46 bits per heavy atom. The number of halogens is 1. The maximum atomic E-state index is 12.3. The first-order valence-corrected chi connectivity index (χ1v) is 8.16. The summed E-state index contributed by atoms with van der Waals surface area (Å²) in [4.78, 5) is 12.3. The minimum absolute atomic E-state index is 0.0680. The van der Waals surface area contributed by atoms with Gasteiger partial charge in [0, 0.05) is 4.47 Å². The van der Waals surface area contributed by atoms with E-state index in [1.807, 2.05) is 55.5 Å². The summed E-state index contributed by atoms with van der Waals surface area (Å²) in [5.74, 6) is -0.519. The molecule has 3 aromatic rings. The minimum atomic E-state index is -0.451. The van der Waals surface area contributed by atoms with Crippen molar-refractivity contribution in [2.75, 3.05) is 0 Å². The largest absolute Gasteiger partial charge is 0.507 e. The van der Waals surface area contributed by atoms with Gasteiger partial charge in [-0.3, -0.25) is 4.79 Å². The number of fused-ring (bicyclic) bond motifs is 1. The summed E-state index contributed by atoms with van der Waals surface area (Å²) in [7, 11) is 0. The van der Waals surface area contributed by atoms with Crippen LogP contribution in [0.1, 0.15) is 22.8 Å². The highest BCUT2D eigenvalue weighted by Crippen LogP contribution is 2.24. The van der Waals surface area contributed by atoms with Gasteiger partial charge in [0.05, 0.1) is 11.3 Å². The van der Waals surface area contributed by atoms with E-state index in [0.29, 0.717) is 5.71 Å². The van der Waals surface area contributed by atoms with E-state index in [1.165, 1.54) is 0 Å². The smallest absolute Gasteiger partial charge is 0.275 e. The van der Waals surface area contributed by atoms with E-state index in [1.54, 1.807) is 12.1 Å². The van der Waals surface area contributed by atoms with Crippen molar-refractivity contribution in [3.63, 3.8) is 0 Å². The Kier molecular flexibility index (Phi) is 4.62. The fraction of sp³-hybridized carbons (Fsp3) is 0.0526. The van der Waals surface area contributed by atoms with Crippen molar-refractivity contribution in [3.05, 3.63) is 76.3 Å². The first kappa shape index (κ1) is 16.2. The number of phenolic OH excluding ortho intramolecular Hbond substituents is 1. The third kappa shape index (κ3) is 3.46. The van der Waals surface area contributed by atoms with Crippen LogP contribution in [-0.4, -0.2) is 16.7 Å². The molecule has 0 bridgehead atoms. The number of amides is 1. The van der Waals surface area contributed by atoms with Gasteiger partial charge in [-0.1, -0.05) is 52.3 Å². The molecule has 0 heterocycles. The summed E-state index contributed by atoms with van der Waals surface area (Å²) in [6.07, 6.45) is 0. The van der Waals surface area contributed by atoms with Crippen LogP contribution in [0.4, 0.5) is 0 Å². The SMILES string of the molecule is CC(=NNC(=O)c1cc2ccccc2cc1O)c1cccc(Br)c1. The number of nitrogens with one attached hydrogen (secondary N) is 1. The van der Waals surface area contributed by atoms with E-state index < -0.39 is 5.91 Å². The monoisotopic (exact) mass is 382 g/mol. The van der Waals surface area contributed by atoms with E-state index in [9.17, 15) is 9.90 Å². The Hall–Kier alpha value is -2.66. The molecule has 0 radical (unpaired) electrons. The quantitative estimate of drug-likeness (QED) is 0.518. The Bertz CT molecular complexity index is 951. The summed E-state index contributed by atoms with van der Waals surface area (Å²) in [6, 6.07) is 18.4. The van der Waals surface area contributed by atoms with Crippen LogP contribution in [-0.2, 0) is 0 Å². The number of phenols is 1. The zero-order chi connectivity index (χ0) is 17.1. The van der Waals surface area contributed by atoms with Crippen LogP contribution in [0, 0.1) is 0 Å². The third-order valence-corrected chi connectivity index (χ3v) is 4.17. The Labute approximate surface area is 148 Å². The van der Waals surface area contributed by atoms with Gasteiger partial charge in [0.1, 0.15) is 5.75 Å². The number of aromatic hydroxyl groups is 1. The van der Waals surface area contributed by atoms with Gasteiger partial charge in [-0.05, 0) is 47.5 Å². The molecule has 24 heavy (non-hydrogen) atoms. The van der Waals surface area contributed by atoms with Crippen molar-refractivity contribution in [1.29, 1.82) is 0 Å². The molecule has 0 spiro atoms. The molecule has 0 aliphatic heterocycles. The van der Waals surface area contributed by atoms with Crippen molar-refractivity contribution >= 4 is 38.3 Å². The van der Waals surface area contributed by atoms with Gasteiger partial charge >= 0.3 is 0 Å². The molecule has 0 saturated heterocycles. The normalized spacial score (nSPS) is 11.5. The zero-order valence-electron chi connectivity index (χ0n) is 13.0. The van der Waals surface area contributed by atoms with Crippen LogP contribution in [0.3, 0.4) is 0 Å². The van der Waals surface area contributed by atoms with Crippen LogP contribution in [0.25, 0.3) is 10.8 Å². The molecule has 0 aromatic heterocycles. The van der Waals surface area contributed by atoms with E-state index >= 15 is 0 Å². The second-order valence-corrected chi connectivity index (χ2v) is 6.28. The number of rotatable bonds is 3. The van der Waals surface area contributed by atoms with E-state index in [2.05, 4.69) is 26.5 Å². The lowest BCUT2D eigenvalue weighted by atomic mass is 10.1. The zero-order valence-corrected chi connectivity index (χ0v) is 14.5. The molecule has 3 rings (SSSR count). The van der Waals surface area contributed by atoms with E-state index in [-0.39, 0.29) is 11.3 Å². The Morgan fingerprint density at radius 2 is 1.75 bits per heavy atom. The summed E-state index contributed by atoms with van der Waals surface area (Å²) >= 11 is 3.40. The van der Waals surface area contributed by atoms with Crippen LogP contribution >= 0.6 is 15.9 Å². The molecule has 120 valence electrons. The molecule has 0 atom stereocenters. The lowest BCUT2D eigenvalue weighted by Crippen LogP contribution is -2.19. The maximum Gasteiger partial charge on any atom is 0.275 e. The van der Waals surface area contributed by atoms with Crippen LogP contribution in [0.2, 0.25) is 0 Å². The molecule has 1 amide bonds. The molecule has 0 fully saturated rings. The average Bonchev–Trinajstić information content (AvgIpc) is 2.58. The molecule has 4 nitrogen and oxygen atoms in total. The molecule has 2 N–H and O–H groups in total. The van der Waals surface area contributed by atoms with Crippen LogP contribution in [0.5, 0.6) is 5.75 Å². The highest BCUT2D eigenvalue weighted by molar-refractivity contribution is 9.10. The van der Waals surface area contributed by atoms with Gasteiger partial charge in [-0.2, -0.15) is 5.10 Å². The number of hydrogen-bond donors (Lipinski definition) is 2. The first-order valence-electron chi connectivity index (χ1n) is 7.37. The number of hydrogen-bond acceptors (Lipinski definition) is 3. The molecule has 0 aliphatic carbocycles. The summed E-state index contributed by atoms with van der Waals surface area (Å²) in [5, 5.41) is 16.0. The van der Waals surface area contributed by atoms with Crippen molar-refractivity contribution in [2.45, 2.75) is 6.92 Å². The van der Waals surface area contributed by atoms with Gasteiger partial charge in [-0.25, -0.2) is 5.43 Å². The molecule has 3 aromatic carbocycles. The second-order valence-electron chi connectivity index (χ2n) is 5.36. The summed E-state index contributed by atoms with van der Waals surface area (Å²) < 4.78 is 0.938. The van der Waals surface area contributed by atoms with Crippen LogP contribution in [0.15, 0.2) is 70.2 Å². The predicted molar refractivity (Wildman–Crippen MR) is 99.4 cm³/mol. The van der Waals surface area contributed by atoms with Crippen LogP contribution < -0.4 is 5.43 Å². The number of hydrazone groups is 1. The van der Waals surface area contributed by atoms with Gasteiger partial charge in [0.2, 0.25) is 0 Å². The van der Waals surface area contributed by atoms with E-state index in [4.69, 9.17) is 0 Å². The molecular weight excluding hydrogens is 368 g/mol. The standard InChI is InChI=1S/C19H15BrN2O2/c1-12(13-7-4-8-16(20)9-13)21-22-19(24)17-10-14-5-2-3-6-15(14)11-18(17)23/h2-11,23H,1H3,(H,22,24). The average molecular weight is 383 g/mol. The number of benzene rings is 3. The number of nitrogens with zero attached hydrogens (tertiary/aromatic N) is 1. The topological polar surface area (TPSA) is 61.7 Å². The molecule has 0 aliphatic rings. The highest BCUT2D eigenvalue weighted by Gasteiger charge is 2.12. The van der Waals surface area contributed by atoms with E-state index in [0.717, 1.165) is 20.8 Å². The Balaban J connectivity index is 1.84. The minimum Gasteiger partial charge on any atom is -0.507 e. The van der Waals surface area contributed by atoms with Gasteiger partial charge in [-0.15, -0.1) is 0 Å². The second kappa shape index (κ2) is 6.84. The van der Waals surface area contributed by atoms with Crippen molar-refractivity contribution in [2.24, 2.45) is 5.10 Å². The molecule has 0 unspecified atom stereocenters. The van der Waals surface area contributed by atoms with Crippen molar-refractivity contribution in [3.8, 4) is 5.75 Å². The highest BCUT2D eigenvalue weighted by atomic mass is 79.9. The number of carbonyl (C=O) groups is 1. The molecule has 5 heteroatoms. The fourth-order valence-corrected chi connectivity index (χ4v) is 2.78. The lowest BCUT2D eigenvalue weighted by molar-refractivity contribution is 0.0952. The Morgan fingerprint density at radius 1 is 1.04 bits per heavy atom. The van der Waals surface area contributed by atoms with Gasteiger partial charge < -0.3 is 5.11 Å². The summed E-state index contributed by atoms with van der Waals surface area (Å²) in [5.41, 5.74) is 4.26. The van der Waals surface area contributed by atoms with Crippen molar-refractivity contribution < 1.29 is 9.90 Å². The lowest BCUT2D eigenvalue weighted by Gasteiger charge is -2.07. The fourth-order valence-electron chi connectivity index (χ4n) is 2.38. The van der Waals surface area contributed by atoms with Gasteiger partial charge in [0.25, 0.3) is 5.91 Å². The molecular formula is C19H15BrN2O2. The third-order valence-electron chi connectivity index (χ3n) is 3.68. The number of carbonyl (C=O) groups excluding carboxylic acids is 1.